The van der Waals surface area contributed by atoms with Gasteiger partial charge in [-0.25, -0.2) is 0 Å². The normalized spacial score (nSPS) is 19.0. The molecule has 3 rings (SSSR count). The Morgan fingerprint density at radius 2 is 2.09 bits per heavy atom. The van der Waals surface area contributed by atoms with Gasteiger partial charge in [-0.2, -0.15) is 0 Å². The molecule has 0 radical (unpaired) electrons. The molecule has 0 aliphatic carbocycles. The fourth-order valence-electron chi connectivity index (χ4n) is 3.29. The van der Waals surface area contributed by atoms with Gasteiger partial charge >= 0.3 is 5.97 Å². The predicted molar refractivity (Wildman–Crippen MR) is 91.4 cm³/mol. The van der Waals surface area contributed by atoms with Crippen LogP contribution in [0.2, 0.25) is 0 Å². The molecule has 0 amide bonds. The van der Waals surface area contributed by atoms with Crippen LogP contribution in [0.4, 0.5) is 0 Å². The highest BCUT2D eigenvalue weighted by Crippen LogP contribution is 2.34. The van der Waals surface area contributed by atoms with Crippen molar-refractivity contribution < 1.29 is 14.3 Å². The second kappa shape index (κ2) is 8.11. The van der Waals surface area contributed by atoms with E-state index < -0.39 is 0 Å². The minimum absolute atomic E-state index is 0. The number of hydrogen-bond donors (Lipinski definition) is 1. The number of nitrogens with zero attached hydrogens (tertiary/aromatic N) is 1. The summed E-state index contributed by atoms with van der Waals surface area (Å²) in [5.74, 6) is 0.550. The number of esters is 1. The Kier molecular flexibility index (Phi) is 6.41. The lowest BCUT2D eigenvalue weighted by Crippen LogP contribution is -2.45. The monoisotopic (exact) mass is 340 g/mol. The van der Waals surface area contributed by atoms with E-state index in [0.29, 0.717) is 18.8 Å². The second-order valence-corrected chi connectivity index (χ2v) is 5.90. The smallest absolute Gasteiger partial charge is 0.315 e. The van der Waals surface area contributed by atoms with Crippen LogP contribution in [0, 0.1) is 6.92 Å². The van der Waals surface area contributed by atoms with Gasteiger partial charge in [0.15, 0.2) is 0 Å². The number of fused-ring (bicyclic) bond motifs is 1. The van der Waals surface area contributed by atoms with Crippen molar-refractivity contribution in [2.75, 3.05) is 39.3 Å². The minimum atomic E-state index is -0.162. The van der Waals surface area contributed by atoms with Gasteiger partial charge in [0.1, 0.15) is 5.75 Å². The molecule has 2 aliphatic heterocycles. The molecule has 1 N–H and O–H groups in total. The van der Waals surface area contributed by atoms with Crippen LogP contribution >= 0.6 is 12.4 Å². The fourth-order valence-corrected chi connectivity index (χ4v) is 3.29. The van der Waals surface area contributed by atoms with E-state index in [1.54, 1.807) is 0 Å². The summed E-state index contributed by atoms with van der Waals surface area (Å²) >= 11 is 0. The van der Waals surface area contributed by atoms with Gasteiger partial charge < -0.3 is 14.8 Å². The maximum Gasteiger partial charge on any atom is 0.315 e. The molecule has 5 nitrogen and oxygen atoms in total. The van der Waals surface area contributed by atoms with Crippen molar-refractivity contribution in [2.24, 2.45) is 0 Å². The van der Waals surface area contributed by atoms with Crippen molar-refractivity contribution >= 4 is 18.4 Å². The number of rotatable bonds is 5. The summed E-state index contributed by atoms with van der Waals surface area (Å²) < 4.78 is 11.2. The van der Waals surface area contributed by atoms with Crippen LogP contribution in [0.3, 0.4) is 0 Å². The van der Waals surface area contributed by atoms with Crippen molar-refractivity contribution in [2.45, 2.75) is 26.4 Å². The zero-order valence-corrected chi connectivity index (χ0v) is 14.6. The predicted octanol–water partition coefficient (Wildman–Crippen LogP) is 1.86. The van der Waals surface area contributed by atoms with Crippen LogP contribution in [-0.4, -0.2) is 50.2 Å². The lowest BCUT2D eigenvalue weighted by Gasteiger charge is -2.31. The summed E-state index contributed by atoms with van der Waals surface area (Å²) in [5.41, 5.74) is 3.34. The van der Waals surface area contributed by atoms with Gasteiger partial charge in [-0.05, 0) is 31.0 Å². The number of piperazine rings is 1. The van der Waals surface area contributed by atoms with Gasteiger partial charge in [-0.3, -0.25) is 9.69 Å². The summed E-state index contributed by atoms with van der Waals surface area (Å²) in [6, 6.07) is 3.96. The van der Waals surface area contributed by atoms with Crippen LogP contribution in [0.15, 0.2) is 12.1 Å². The Morgan fingerprint density at radius 1 is 1.35 bits per heavy atom. The number of benzene rings is 1. The third-order valence-corrected chi connectivity index (χ3v) is 4.49. The van der Waals surface area contributed by atoms with E-state index in [1.165, 1.54) is 5.56 Å². The molecule has 0 bridgehead atoms. The Hall–Kier alpha value is -1.14. The van der Waals surface area contributed by atoms with Crippen LogP contribution in [0.1, 0.15) is 29.7 Å². The molecule has 2 aliphatic rings. The lowest BCUT2D eigenvalue weighted by atomic mass is 9.96. The maximum absolute atomic E-state index is 11.5. The van der Waals surface area contributed by atoms with Crippen molar-refractivity contribution in [3.05, 3.63) is 28.8 Å². The largest absolute Gasteiger partial charge is 0.426 e. The molecule has 128 valence electrons. The van der Waals surface area contributed by atoms with Crippen LogP contribution < -0.4 is 10.1 Å². The van der Waals surface area contributed by atoms with Crippen molar-refractivity contribution in [1.82, 2.24) is 10.2 Å². The summed E-state index contributed by atoms with van der Waals surface area (Å²) in [6.07, 6.45) is 0.422. The molecular formula is C17H25ClN2O3. The first kappa shape index (κ1) is 18.2. The number of halogens is 1. The third kappa shape index (κ3) is 4.04. The van der Waals surface area contributed by atoms with E-state index >= 15 is 0 Å². The van der Waals surface area contributed by atoms with Crippen molar-refractivity contribution in [3.8, 4) is 5.75 Å². The van der Waals surface area contributed by atoms with E-state index in [-0.39, 0.29) is 24.5 Å². The van der Waals surface area contributed by atoms with Gasteiger partial charge in [-0.1, -0.05) is 6.07 Å². The van der Waals surface area contributed by atoms with E-state index in [4.69, 9.17) is 9.47 Å². The zero-order chi connectivity index (χ0) is 15.5. The van der Waals surface area contributed by atoms with Crippen molar-refractivity contribution in [3.63, 3.8) is 0 Å². The van der Waals surface area contributed by atoms with Gasteiger partial charge in [0.25, 0.3) is 0 Å². The average Bonchev–Trinajstić information content (AvgIpc) is 2.90. The zero-order valence-electron chi connectivity index (χ0n) is 13.8. The van der Waals surface area contributed by atoms with Crippen LogP contribution in [-0.2, 0) is 16.0 Å². The summed E-state index contributed by atoms with van der Waals surface area (Å²) in [7, 11) is 0. The Bertz CT molecular complexity index is 559. The van der Waals surface area contributed by atoms with Crippen LogP contribution in [0.5, 0.6) is 5.75 Å². The standard InChI is InChI=1S/C17H24N2O3.ClH/c1-3-21-16(11-19-8-6-18-7-9-19)13-4-5-15-14(12(13)2)10-17(20)22-15;/h4-5,16,18H,3,6-11H2,1-2H3;1H. The molecule has 1 unspecified atom stereocenters. The first-order valence-corrected chi connectivity index (χ1v) is 8.06. The molecule has 0 spiro atoms. The molecule has 2 heterocycles. The Labute approximate surface area is 143 Å². The van der Waals surface area contributed by atoms with E-state index in [9.17, 15) is 4.79 Å². The SMILES string of the molecule is CCOC(CN1CCNCC1)c1ccc2c(c1C)CC(=O)O2.Cl. The Balaban J connectivity index is 0.00000192. The first-order chi connectivity index (χ1) is 10.7. The van der Waals surface area contributed by atoms with Gasteiger partial charge in [0, 0.05) is 44.9 Å². The van der Waals surface area contributed by atoms with Gasteiger partial charge in [0.05, 0.1) is 12.5 Å². The van der Waals surface area contributed by atoms with Crippen molar-refractivity contribution in [1.29, 1.82) is 0 Å². The summed E-state index contributed by atoms with van der Waals surface area (Å²) in [4.78, 5) is 13.9. The number of hydrogen-bond acceptors (Lipinski definition) is 5. The first-order valence-electron chi connectivity index (χ1n) is 8.06. The average molecular weight is 341 g/mol. The number of nitrogens with one attached hydrogen (secondary N) is 1. The van der Waals surface area contributed by atoms with E-state index in [2.05, 4.69) is 23.2 Å². The maximum atomic E-state index is 11.5. The summed E-state index contributed by atoms with van der Waals surface area (Å²) in [5, 5.41) is 3.37. The highest BCUT2D eigenvalue weighted by molar-refractivity contribution is 5.85. The molecule has 1 fully saturated rings. The number of ether oxygens (including phenoxy) is 2. The molecule has 0 saturated carbocycles. The van der Waals surface area contributed by atoms with Crippen LogP contribution in [0.25, 0.3) is 0 Å². The molecule has 1 atom stereocenters. The lowest BCUT2D eigenvalue weighted by molar-refractivity contribution is -0.131. The highest BCUT2D eigenvalue weighted by atomic mass is 35.5. The molecule has 23 heavy (non-hydrogen) atoms. The second-order valence-electron chi connectivity index (χ2n) is 5.90. The van der Waals surface area contributed by atoms with E-state index in [0.717, 1.165) is 43.9 Å². The molecular weight excluding hydrogens is 316 g/mol. The Morgan fingerprint density at radius 3 is 2.78 bits per heavy atom. The molecule has 0 aromatic heterocycles. The molecule has 1 aromatic rings. The fraction of sp³-hybridized carbons (Fsp3) is 0.588. The van der Waals surface area contributed by atoms with Gasteiger partial charge in [0.2, 0.25) is 0 Å². The minimum Gasteiger partial charge on any atom is -0.426 e. The summed E-state index contributed by atoms with van der Waals surface area (Å²) in [6.45, 7) is 9.84. The molecule has 1 aromatic carbocycles. The van der Waals surface area contributed by atoms with E-state index in [1.807, 2.05) is 13.0 Å². The van der Waals surface area contributed by atoms with Gasteiger partial charge in [-0.15, -0.1) is 12.4 Å². The highest BCUT2D eigenvalue weighted by Gasteiger charge is 2.27. The quantitative estimate of drug-likeness (QED) is 0.655. The molecule has 6 heteroatoms. The number of carbonyl (C=O) groups is 1. The molecule has 1 saturated heterocycles. The number of carbonyl (C=O) groups excluding carboxylic acids is 1. The third-order valence-electron chi connectivity index (χ3n) is 4.49. The topological polar surface area (TPSA) is 50.8 Å².